The van der Waals surface area contributed by atoms with Crippen molar-refractivity contribution in [2.45, 2.75) is 57.8 Å². The highest BCUT2D eigenvalue weighted by molar-refractivity contribution is 7.80. The first-order valence-corrected chi connectivity index (χ1v) is 6.50. The van der Waals surface area contributed by atoms with E-state index in [9.17, 15) is 0 Å². The Labute approximate surface area is 101 Å². The Hall–Kier alpha value is -0.0451. The number of rotatable bonds is 1. The third-order valence-electron chi connectivity index (χ3n) is 4.37. The lowest BCUT2D eigenvalue weighted by molar-refractivity contribution is 0.226. The molecule has 0 aliphatic heterocycles. The average Bonchev–Trinajstić information content (AvgIpc) is 2.27. The second-order valence-corrected chi connectivity index (χ2v) is 6.31. The van der Waals surface area contributed by atoms with Gasteiger partial charge in [-0.3, -0.25) is 0 Å². The molecule has 0 aromatic heterocycles. The van der Waals surface area contributed by atoms with Gasteiger partial charge in [-0.1, -0.05) is 50.6 Å². The van der Waals surface area contributed by atoms with Crippen molar-refractivity contribution < 1.29 is 0 Å². The fourth-order valence-electron chi connectivity index (χ4n) is 2.70. The van der Waals surface area contributed by atoms with Crippen LogP contribution in [0.5, 0.6) is 0 Å². The Bertz CT molecular complexity index is 240. The minimum Gasteiger partial charge on any atom is -0.366 e. The first-order chi connectivity index (χ1) is 6.86. The molecule has 1 nitrogen and oxygen atoms in total. The summed E-state index contributed by atoms with van der Waals surface area (Å²) in [5, 5.41) is 0.459. The first-order valence-electron chi connectivity index (χ1n) is 6.09. The van der Waals surface area contributed by atoms with Crippen LogP contribution in [0.3, 0.4) is 0 Å². The lowest BCUT2D eigenvalue weighted by Crippen LogP contribution is -2.42. The molecule has 3 unspecified atom stereocenters. The van der Waals surface area contributed by atoms with E-state index in [2.05, 4.69) is 33.6 Å². The van der Waals surface area contributed by atoms with E-state index in [1.807, 2.05) is 6.92 Å². The Morgan fingerprint density at radius 1 is 1.47 bits per heavy atom. The zero-order valence-electron chi connectivity index (χ0n) is 10.8. The van der Waals surface area contributed by atoms with Gasteiger partial charge in [-0.25, -0.2) is 0 Å². The Kier molecular flexibility index (Phi) is 4.22. The van der Waals surface area contributed by atoms with Crippen LogP contribution in [-0.2, 0) is 0 Å². The van der Waals surface area contributed by atoms with Crippen LogP contribution in [0.2, 0.25) is 5.31 Å². The fourth-order valence-corrected chi connectivity index (χ4v) is 2.83. The predicted octanol–water partition coefficient (Wildman–Crippen LogP) is 2.66. The topological polar surface area (TPSA) is 3.24 Å². The predicted molar refractivity (Wildman–Crippen MR) is 74.4 cm³/mol. The normalized spacial score (nSPS) is 37.1. The van der Waals surface area contributed by atoms with Crippen molar-refractivity contribution in [2.24, 2.45) is 5.92 Å². The van der Waals surface area contributed by atoms with E-state index in [1.165, 1.54) is 25.7 Å². The molecule has 1 aliphatic rings. The van der Waals surface area contributed by atoms with Crippen molar-refractivity contribution in [3.63, 3.8) is 0 Å². The number of thiocarbonyl (C=S) groups is 1. The highest BCUT2D eigenvalue weighted by Gasteiger charge is 2.35. The van der Waals surface area contributed by atoms with Crippen molar-refractivity contribution in [1.82, 2.24) is 4.90 Å². The van der Waals surface area contributed by atoms with Crippen LogP contribution in [-0.4, -0.2) is 30.8 Å². The third-order valence-corrected chi connectivity index (χ3v) is 4.66. The van der Waals surface area contributed by atoms with Crippen LogP contribution < -0.4 is 0 Å². The first kappa shape index (κ1) is 13.0. The molecule has 1 aliphatic carbocycles. The molecule has 0 heterocycles. The van der Waals surface area contributed by atoms with Gasteiger partial charge in [0.25, 0.3) is 0 Å². The lowest BCUT2D eigenvalue weighted by atomic mass is 9.59. The summed E-state index contributed by atoms with van der Waals surface area (Å²) in [4.78, 5) is 3.34. The van der Waals surface area contributed by atoms with Gasteiger partial charge in [0.05, 0.1) is 4.99 Å². The molecule has 0 aromatic rings. The van der Waals surface area contributed by atoms with Gasteiger partial charge in [0.2, 0.25) is 0 Å². The minimum atomic E-state index is 0.459. The Morgan fingerprint density at radius 2 is 2.07 bits per heavy atom. The van der Waals surface area contributed by atoms with Crippen LogP contribution in [0.25, 0.3) is 0 Å². The van der Waals surface area contributed by atoms with E-state index in [4.69, 9.17) is 12.2 Å². The standard InChI is InChI=1S/C12H24BNS/c1-9-11(14(4)10(2)15)7-5-6-8-12(9,3)13/h9,11H,5-8,13H2,1-4H3. The summed E-state index contributed by atoms with van der Waals surface area (Å²) in [7, 11) is 4.56. The third kappa shape index (κ3) is 2.96. The quantitative estimate of drug-likeness (QED) is 0.383. The molecular weight excluding hydrogens is 201 g/mol. The van der Waals surface area contributed by atoms with Crippen LogP contribution in [0.4, 0.5) is 0 Å². The Balaban J connectivity index is 2.82. The van der Waals surface area contributed by atoms with Gasteiger partial charge in [0.15, 0.2) is 0 Å². The van der Waals surface area contributed by atoms with Crippen molar-refractivity contribution in [2.75, 3.05) is 7.05 Å². The molecular formula is C12H24BNS. The van der Waals surface area contributed by atoms with Crippen LogP contribution in [0, 0.1) is 5.92 Å². The lowest BCUT2D eigenvalue weighted by Gasteiger charge is -2.40. The summed E-state index contributed by atoms with van der Waals surface area (Å²) < 4.78 is 0. The molecule has 86 valence electrons. The molecule has 1 rings (SSSR count). The van der Waals surface area contributed by atoms with Crippen molar-refractivity contribution in [3.05, 3.63) is 0 Å². The van der Waals surface area contributed by atoms with E-state index >= 15 is 0 Å². The van der Waals surface area contributed by atoms with Gasteiger partial charge >= 0.3 is 0 Å². The van der Waals surface area contributed by atoms with E-state index in [0.717, 1.165) is 10.9 Å². The van der Waals surface area contributed by atoms with E-state index < -0.39 is 0 Å². The second kappa shape index (κ2) is 4.86. The summed E-state index contributed by atoms with van der Waals surface area (Å²) in [6.07, 6.45) is 5.38. The van der Waals surface area contributed by atoms with Crippen LogP contribution in [0.15, 0.2) is 0 Å². The maximum Gasteiger partial charge on any atom is 0.109 e. The molecule has 1 saturated carbocycles. The number of hydrogen-bond acceptors (Lipinski definition) is 1. The maximum absolute atomic E-state index is 5.30. The number of hydrogen-bond donors (Lipinski definition) is 0. The molecule has 0 amide bonds. The number of nitrogens with zero attached hydrogens (tertiary/aromatic N) is 1. The maximum atomic E-state index is 5.30. The highest BCUT2D eigenvalue weighted by atomic mass is 32.1. The van der Waals surface area contributed by atoms with Crippen LogP contribution >= 0.6 is 12.2 Å². The van der Waals surface area contributed by atoms with Crippen molar-refractivity contribution >= 4 is 25.1 Å². The zero-order chi connectivity index (χ0) is 11.6. The SMILES string of the molecule is BC1(C)CCCCC(N(C)C(C)=S)C1C. The minimum absolute atomic E-state index is 0.459. The molecule has 0 bridgehead atoms. The van der Waals surface area contributed by atoms with E-state index in [1.54, 1.807) is 0 Å². The van der Waals surface area contributed by atoms with Crippen molar-refractivity contribution in [1.29, 1.82) is 0 Å². The van der Waals surface area contributed by atoms with E-state index in [0.29, 0.717) is 11.4 Å². The smallest absolute Gasteiger partial charge is 0.109 e. The molecule has 0 N–H and O–H groups in total. The van der Waals surface area contributed by atoms with Crippen LogP contribution in [0.1, 0.15) is 46.5 Å². The average molecular weight is 225 g/mol. The van der Waals surface area contributed by atoms with Gasteiger partial charge in [-0.2, -0.15) is 0 Å². The molecule has 15 heavy (non-hydrogen) atoms. The monoisotopic (exact) mass is 225 g/mol. The van der Waals surface area contributed by atoms with Gasteiger partial charge in [0.1, 0.15) is 7.85 Å². The summed E-state index contributed by atoms with van der Waals surface area (Å²) in [5.41, 5.74) is 0. The van der Waals surface area contributed by atoms with Gasteiger partial charge in [-0.15, -0.1) is 0 Å². The molecule has 0 spiro atoms. The largest absolute Gasteiger partial charge is 0.366 e. The molecule has 0 aromatic carbocycles. The highest BCUT2D eigenvalue weighted by Crippen LogP contribution is 2.44. The van der Waals surface area contributed by atoms with Gasteiger partial charge < -0.3 is 4.90 Å². The molecule has 0 radical (unpaired) electrons. The van der Waals surface area contributed by atoms with Gasteiger partial charge in [0, 0.05) is 13.1 Å². The summed E-state index contributed by atoms with van der Waals surface area (Å²) in [5.74, 6) is 0.725. The zero-order valence-corrected chi connectivity index (χ0v) is 11.7. The molecule has 0 saturated heterocycles. The molecule has 1 fully saturated rings. The Morgan fingerprint density at radius 3 is 2.60 bits per heavy atom. The summed E-state index contributed by atoms with van der Waals surface area (Å²) in [6.45, 7) is 6.84. The summed E-state index contributed by atoms with van der Waals surface area (Å²) >= 11 is 5.30. The molecule has 3 atom stereocenters. The second-order valence-electron chi connectivity index (χ2n) is 5.72. The van der Waals surface area contributed by atoms with E-state index in [-0.39, 0.29) is 0 Å². The summed E-state index contributed by atoms with van der Waals surface area (Å²) in [6, 6.07) is 0.639. The fraction of sp³-hybridized carbons (Fsp3) is 0.917. The van der Waals surface area contributed by atoms with Gasteiger partial charge in [-0.05, 0) is 19.3 Å². The molecule has 3 heteroatoms. The van der Waals surface area contributed by atoms with Crippen molar-refractivity contribution in [3.8, 4) is 0 Å².